The second kappa shape index (κ2) is 6.73. The van der Waals surface area contributed by atoms with Gasteiger partial charge in [0, 0.05) is 12.3 Å². The Kier molecular flexibility index (Phi) is 4.93. The van der Waals surface area contributed by atoms with Gasteiger partial charge in [-0.1, -0.05) is 13.8 Å². The summed E-state index contributed by atoms with van der Waals surface area (Å²) in [6.45, 7) is 3.35. The molecule has 0 aliphatic carbocycles. The van der Waals surface area contributed by atoms with Crippen LogP contribution in [0.4, 0.5) is 0 Å². The van der Waals surface area contributed by atoms with Crippen molar-refractivity contribution < 1.29 is 23.9 Å². The van der Waals surface area contributed by atoms with E-state index in [1.165, 1.54) is 19.2 Å². The number of nitrogens with zero attached hydrogens (tertiary/aromatic N) is 1. The zero-order valence-electron chi connectivity index (χ0n) is 13.4. The number of rotatable bonds is 7. The summed E-state index contributed by atoms with van der Waals surface area (Å²) in [6.07, 6.45) is 0.781. The summed E-state index contributed by atoms with van der Waals surface area (Å²) in [7, 11) is 1.47. The average molecular weight is 317 g/mol. The van der Waals surface area contributed by atoms with Crippen LogP contribution in [0.15, 0.2) is 18.2 Å². The van der Waals surface area contributed by atoms with E-state index < -0.39 is 17.7 Å². The molecule has 23 heavy (non-hydrogen) atoms. The van der Waals surface area contributed by atoms with Gasteiger partial charge in [0.1, 0.15) is 12.0 Å². The molecule has 1 heterocycles. The number of aldehydes is 1. The minimum Gasteiger partial charge on any atom is -0.497 e. The van der Waals surface area contributed by atoms with E-state index in [9.17, 15) is 19.2 Å². The van der Waals surface area contributed by atoms with E-state index in [0.717, 1.165) is 4.90 Å². The molecule has 1 aliphatic rings. The smallest absolute Gasteiger partial charge is 0.262 e. The van der Waals surface area contributed by atoms with Gasteiger partial charge in [0.2, 0.25) is 0 Å². The van der Waals surface area contributed by atoms with Crippen molar-refractivity contribution in [3.8, 4) is 5.75 Å². The predicted octanol–water partition coefficient (Wildman–Crippen LogP) is 1.72. The van der Waals surface area contributed by atoms with Crippen molar-refractivity contribution in [3.63, 3.8) is 0 Å². The van der Waals surface area contributed by atoms with Crippen molar-refractivity contribution in [1.29, 1.82) is 0 Å². The fraction of sp³-hybridized carbons (Fsp3) is 0.412. The number of methoxy groups -OCH3 is 1. The molecule has 0 saturated carbocycles. The highest BCUT2D eigenvalue weighted by Crippen LogP contribution is 2.27. The summed E-state index contributed by atoms with van der Waals surface area (Å²) in [5, 5.41) is 0. The topological polar surface area (TPSA) is 80.8 Å². The molecule has 6 heteroatoms. The van der Waals surface area contributed by atoms with Gasteiger partial charge in [0.25, 0.3) is 11.8 Å². The van der Waals surface area contributed by atoms with Crippen molar-refractivity contribution in [1.82, 2.24) is 4.90 Å². The number of carbonyl (C=O) groups excluding carboxylic acids is 4. The van der Waals surface area contributed by atoms with E-state index >= 15 is 0 Å². The number of hydrogen-bond acceptors (Lipinski definition) is 5. The molecule has 0 aromatic heterocycles. The van der Waals surface area contributed by atoms with Crippen molar-refractivity contribution in [2.24, 2.45) is 11.8 Å². The summed E-state index contributed by atoms with van der Waals surface area (Å²) >= 11 is 0. The minimum absolute atomic E-state index is 0.0389. The number of Topliss-reactive ketones (excluding diaryl/α,β-unsaturated/α-hetero) is 1. The first-order valence-electron chi connectivity index (χ1n) is 7.41. The normalized spacial score (nSPS) is 14.9. The van der Waals surface area contributed by atoms with Crippen molar-refractivity contribution in [3.05, 3.63) is 29.3 Å². The monoisotopic (exact) mass is 317 g/mol. The summed E-state index contributed by atoms with van der Waals surface area (Å²) in [5.74, 6) is -1.34. The lowest BCUT2D eigenvalue weighted by Gasteiger charge is -2.20. The van der Waals surface area contributed by atoms with Crippen molar-refractivity contribution in [2.75, 3.05) is 13.7 Å². The highest BCUT2D eigenvalue weighted by atomic mass is 16.5. The predicted molar refractivity (Wildman–Crippen MR) is 82.4 cm³/mol. The molecule has 0 radical (unpaired) electrons. The Morgan fingerprint density at radius 3 is 2.43 bits per heavy atom. The van der Waals surface area contributed by atoms with E-state index in [-0.39, 0.29) is 35.8 Å². The quantitative estimate of drug-likeness (QED) is 0.565. The van der Waals surface area contributed by atoms with Gasteiger partial charge in [-0.05, 0) is 24.1 Å². The van der Waals surface area contributed by atoms with Gasteiger partial charge in [-0.15, -0.1) is 0 Å². The molecule has 0 saturated heterocycles. The molecular weight excluding hydrogens is 298 g/mol. The van der Waals surface area contributed by atoms with Crippen LogP contribution in [0.2, 0.25) is 0 Å². The largest absolute Gasteiger partial charge is 0.497 e. The first-order chi connectivity index (χ1) is 10.9. The number of ketones is 1. The Hall–Kier alpha value is -2.50. The Bertz CT molecular complexity index is 665. The summed E-state index contributed by atoms with van der Waals surface area (Å²) in [4.78, 5) is 48.8. The van der Waals surface area contributed by atoms with Crippen LogP contribution in [-0.2, 0) is 9.59 Å². The molecule has 0 fully saturated rings. The van der Waals surface area contributed by atoms with Crippen LogP contribution < -0.4 is 4.74 Å². The number of hydrogen-bond donors (Lipinski definition) is 0. The van der Waals surface area contributed by atoms with Gasteiger partial charge < -0.3 is 9.53 Å². The number of imide groups is 1. The maximum absolute atomic E-state index is 12.4. The van der Waals surface area contributed by atoms with Crippen LogP contribution in [0, 0.1) is 11.8 Å². The summed E-state index contributed by atoms with van der Waals surface area (Å²) in [6, 6.07) is 4.61. The molecule has 1 aromatic rings. The Morgan fingerprint density at radius 2 is 1.87 bits per heavy atom. The van der Waals surface area contributed by atoms with E-state index in [2.05, 4.69) is 0 Å². The maximum Gasteiger partial charge on any atom is 0.262 e. The van der Waals surface area contributed by atoms with Gasteiger partial charge >= 0.3 is 0 Å². The van der Waals surface area contributed by atoms with Crippen molar-refractivity contribution >= 4 is 23.9 Å². The second-order valence-electron chi connectivity index (χ2n) is 5.83. The Balaban J connectivity index is 2.22. The lowest BCUT2D eigenvalue weighted by molar-refractivity contribution is -0.126. The molecule has 1 atom stereocenters. The third kappa shape index (κ3) is 3.16. The Morgan fingerprint density at radius 1 is 1.22 bits per heavy atom. The molecular formula is C17H19NO5. The molecule has 0 spiro atoms. The van der Waals surface area contributed by atoms with Crippen molar-refractivity contribution in [2.45, 2.75) is 20.3 Å². The zero-order chi connectivity index (χ0) is 17.1. The first-order valence-corrected chi connectivity index (χ1v) is 7.41. The van der Waals surface area contributed by atoms with Crippen LogP contribution in [0.25, 0.3) is 0 Å². The third-order valence-electron chi connectivity index (χ3n) is 4.06. The molecule has 0 bridgehead atoms. The van der Waals surface area contributed by atoms with Gasteiger partial charge in [0.15, 0.2) is 5.78 Å². The van der Waals surface area contributed by atoms with Crippen LogP contribution in [0.1, 0.15) is 41.0 Å². The maximum atomic E-state index is 12.4. The van der Waals surface area contributed by atoms with Crippen LogP contribution in [-0.4, -0.2) is 42.4 Å². The number of amides is 2. The van der Waals surface area contributed by atoms with E-state index in [4.69, 9.17) is 4.74 Å². The van der Waals surface area contributed by atoms with E-state index in [0.29, 0.717) is 12.0 Å². The molecule has 6 nitrogen and oxygen atoms in total. The fourth-order valence-electron chi connectivity index (χ4n) is 2.69. The first kappa shape index (κ1) is 16.9. The SMILES string of the molecule is COc1ccc2c(c1)C(=O)N(CC(=O)C(CC=O)C(C)C)C2=O. The van der Waals surface area contributed by atoms with Gasteiger partial charge in [0.05, 0.1) is 24.8 Å². The number of ether oxygens (including phenoxy) is 1. The van der Waals surface area contributed by atoms with E-state index in [1.807, 2.05) is 13.8 Å². The number of fused-ring (bicyclic) bond motifs is 1. The summed E-state index contributed by atoms with van der Waals surface area (Å²) < 4.78 is 5.05. The molecule has 122 valence electrons. The fourth-order valence-corrected chi connectivity index (χ4v) is 2.69. The molecule has 2 amide bonds. The molecule has 2 rings (SSSR count). The minimum atomic E-state index is -0.508. The standard InChI is InChI=1S/C17H19NO5/c1-10(2)12(6-7-19)15(20)9-18-16(21)13-5-4-11(23-3)8-14(13)17(18)22/h4-5,7-8,10,12H,6,9H2,1-3H3. The molecule has 1 unspecified atom stereocenters. The molecule has 1 aliphatic heterocycles. The van der Waals surface area contributed by atoms with Gasteiger partial charge in [-0.2, -0.15) is 0 Å². The van der Waals surface area contributed by atoms with Crippen LogP contribution in [0.5, 0.6) is 5.75 Å². The zero-order valence-corrected chi connectivity index (χ0v) is 13.4. The van der Waals surface area contributed by atoms with Crippen LogP contribution >= 0.6 is 0 Å². The number of benzene rings is 1. The average Bonchev–Trinajstić information content (AvgIpc) is 2.76. The Labute approximate surface area is 134 Å². The summed E-state index contributed by atoms with van der Waals surface area (Å²) in [5.41, 5.74) is 0.499. The lowest BCUT2D eigenvalue weighted by atomic mass is 9.89. The highest BCUT2D eigenvalue weighted by Gasteiger charge is 2.38. The third-order valence-corrected chi connectivity index (χ3v) is 4.06. The van der Waals surface area contributed by atoms with Gasteiger partial charge in [-0.25, -0.2) is 0 Å². The lowest BCUT2D eigenvalue weighted by Crippen LogP contribution is -2.38. The van der Waals surface area contributed by atoms with Gasteiger partial charge in [-0.3, -0.25) is 19.3 Å². The number of carbonyl (C=O) groups is 4. The van der Waals surface area contributed by atoms with Crippen LogP contribution in [0.3, 0.4) is 0 Å². The second-order valence-corrected chi connectivity index (χ2v) is 5.83. The highest BCUT2D eigenvalue weighted by molar-refractivity contribution is 6.22. The van der Waals surface area contributed by atoms with E-state index in [1.54, 1.807) is 6.07 Å². The molecule has 1 aromatic carbocycles. The molecule has 0 N–H and O–H groups in total.